The van der Waals surface area contributed by atoms with Gasteiger partial charge in [-0.2, -0.15) is 0 Å². The summed E-state index contributed by atoms with van der Waals surface area (Å²) in [7, 11) is 1.48. The predicted octanol–water partition coefficient (Wildman–Crippen LogP) is 1.14. The third kappa shape index (κ3) is 3.87. The molecule has 0 radical (unpaired) electrons. The van der Waals surface area contributed by atoms with Gasteiger partial charge in [0, 0.05) is 13.1 Å². The maximum atomic E-state index is 12.0. The molecule has 1 saturated heterocycles. The van der Waals surface area contributed by atoms with E-state index in [1.54, 1.807) is 11.0 Å². The van der Waals surface area contributed by atoms with Gasteiger partial charge in [-0.3, -0.25) is 9.59 Å². The first-order chi connectivity index (χ1) is 10.1. The van der Waals surface area contributed by atoms with Gasteiger partial charge in [-0.25, -0.2) is 0 Å². The first-order valence-corrected chi connectivity index (χ1v) is 7.05. The van der Waals surface area contributed by atoms with Crippen LogP contribution in [-0.4, -0.2) is 48.6 Å². The second-order valence-corrected chi connectivity index (χ2v) is 5.01. The first kappa shape index (κ1) is 15.2. The highest BCUT2D eigenvalue weighted by Gasteiger charge is 2.18. The number of hydrogen-bond acceptors (Lipinski definition) is 4. The number of likely N-dealkylation sites (tertiary alicyclic amines) is 1. The molecule has 1 aliphatic heterocycles. The lowest BCUT2D eigenvalue weighted by Gasteiger charge is -2.26. The van der Waals surface area contributed by atoms with Crippen LogP contribution in [0.4, 0.5) is 0 Å². The van der Waals surface area contributed by atoms with Gasteiger partial charge in [-0.15, -0.1) is 0 Å². The van der Waals surface area contributed by atoms with Crippen LogP contribution in [0.1, 0.15) is 29.6 Å². The van der Waals surface area contributed by atoms with Crippen molar-refractivity contribution in [1.82, 2.24) is 10.2 Å². The van der Waals surface area contributed by atoms with E-state index >= 15 is 0 Å². The summed E-state index contributed by atoms with van der Waals surface area (Å²) in [6, 6.07) is 4.39. The summed E-state index contributed by atoms with van der Waals surface area (Å²) in [5.41, 5.74) is 0.0980. The molecule has 0 aromatic heterocycles. The van der Waals surface area contributed by atoms with Crippen molar-refractivity contribution >= 4 is 11.8 Å². The number of phenolic OH excluding ortho intramolecular Hbond substituents is 1. The Morgan fingerprint density at radius 1 is 1.29 bits per heavy atom. The third-order valence-electron chi connectivity index (χ3n) is 3.56. The van der Waals surface area contributed by atoms with Gasteiger partial charge in [0.2, 0.25) is 5.91 Å². The van der Waals surface area contributed by atoms with E-state index in [2.05, 4.69) is 5.32 Å². The Labute approximate surface area is 123 Å². The molecule has 1 aromatic rings. The van der Waals surface area contributed by atoms with Gasteiger partial charge in [-0.05, 0) is 37.5 Å². The normalized spacial score (nSPS) is 14.6. The maximum absolute atomic E-state index is 12.0. The SMILES string of the molecule is COc1ccc(O)c(C(=O)NCC(=O)N2CCCCC2)c1. The number of amides is 2. The minimum atomic E-state index is -0.489. The van der Waals surface area contributed by atoms with Crippen LogP contribution in [-0.2, 0) is 4.79 Å². The van der Waals surface area contributed by atoms with Crippen molar-refractivity contribution in [1.29, 1.82) is 0 Å². The van der Waals surface area contributed by atoms with Crippen molar-refractivity contribution in [2.75, 3.05) is 26.7 Å². The second-order valence-electron chi connectivity index (χ2n) is 5.01. The fraction of sp³-hybridized carbons (Fsp3) is 0.467. The minimum absolute atomic E-state index is 0.0600. The first-order valence-electron chi connectivity index (χ1n) is 7.05. The highest BCUT2D eigenvalue weighted by atomic mass is 16.5. The van der Waals surface area contributed by atoms with Crippen LogP contribution in [0.2, 0.25) is 0 Å². The largest absolute Gasteiger partial charge is 0.507 e. The number of aromatic hydroxyl groups is 1. The molecule has 6 heteroatoms. The maximum Gasteiger partial charge on any atom is 0.255 e. The average Bonchev–Trinajstić information content (AvgIpc) is 2.53. The fourth-order valence-corrected chi connectivity index (χ4v) is 2.33. The molecule has 1 fully saturated rings. The van der Waals surface area contributed by atoms with Crippen LogP contribution >= 0.6 is 0 Å². The van der Waals surface area contributed by atoms with Crippen LogP contribution < -0.4 is 10.1 Å². The molecule has 0 unspecified atom stereocenters. The van der Waals surface area contributed by atoms with Crippen LogP contribution in [0.15, 0.2) is 18.2 Å². The molecule has 0 atom stereocenters. The molecular weight excluding hydrogens is 272 g/mol. The molecule has 2 amide bonds. The molecule has 0 aliphatic carbocycles. The molecule has 2 N–H and O–H groups in total. The molecule has 1 heterocycles. The lowest BCUT2D eigenvalue weighted by molar-refractivity contribution is -0.130. The average molecular weight is 292 g/mol. The predicted molar refractivity (Wildman–Crippen MR) is 77.4 cm³/mol. The molecule has 0 spiro atoms. The van der Waals surface area contributed by atoms with Gasteiger partial charge >= 0.3 is 0 Å². The smallest absolute Gasteiger partial charge is 0.255 e. The monoisotopic (exact) mass is 292 g/mol. The van der Waals surface area contributed by atoms with Gasteiger partial charge in [0.1, 0.15) is 11.5 Å². The number of rotatable bonds is 4. The number of carbonyl (C=O) groups excluding carboxylic acids is 2. The molecule has 114 valence electrons. The van der Waals surface area contributed by atoms with Crippen molar-refractivity contribution in [3.63, 3.8) is 0 Å². The number of carbonyl (C=O) groups is 2. The van der Waals surface area contributed by atoms with Gasteiger partial charge in [0.15, 0.2) is 0 Å². The lowest BCUT2D eigenvalue weighted by Crippen LogP contribution is -2.42. The number of hydrogen-bond donors (Lipinski definition) is 2. The summed E-state index contributed by atoms with van der Waals surface area (Å²) in [5.74, 6) is -0.249. The summed E-state index contributed by atoms with van der Waals surface area (Å²) < 4.78 is 5.01. The van der Waals surface area contributed by atoms with Crippen molar-refractivity contribution in [3.05, 3.63) is 23.8 Å². The number of ether oxygens (including phenoxy) is 1. The van der Waals surface area contributed by atoms with E-state index in [9.17, 15) is 14.7 Å². The van der Waals surface area contributed by atoms with E-state index in [4.69, 9.17) is 4.74 Å². The van der Waals surface area contributed by atoms with Crippen molar-refractivity contribution < 1.29 is 19.4 Å². The van der Waals surface area contributed by atoms with E-state index < -0.39 is 5.91 Å². The van der Waals surface area contributed by atoms with Gasteiger partial charge in [0.05, 0.1) is 19.2 Å². The topological polar surface area (TPSA) is 78.9 Å². The van der Waals surface area contributed by atoms with Crippen LogP contribution in [0.3, 0.4) is 0 Å². The van der Waals surface area contributed by atoms with E-state index in [0.717, 1.165) is 32.4 Å². The molecule has 2 rings (SSSR count). The van der Waals surface area contributed by atoms with E-state index in [-0.39, 0.29) is 23.8 Å². The Kier molecular flexibility index (Phi) is 5.03. The van der Waals surface area contributed by atoms with Crippen molar-refractivity contribution in [2.24, 2.45) is 0 Å². The molecule has 1 aromatic carbocycles. The summed E-state index contributed by atoms with van der Waals surface area (Å²) in [4.78, 5) is 25.7. The Morgan fingerprint density at radius 2 is 2.00 bits per heavy atom. The number of phenols is 1. The minimum Gasteiger partial charge on any atom is -0.507 e. The zero-order valence-electron chi connectivity index (χ0n) is 12.1. The lowest BCUT2D eigenvalue weighted by atomic mass is 10.1. The Morgan fingerprint density at radius 3 is 2.67 bits per heavy atom. The number of benzene rings is 1. The molecule has 1 aliphatic rings. The molecule has 0 bridgehead atoms. The summed E-state index contributed by atoms with van der Waals surface area (Å²) in [5, 5.41) is 12.2. The van der Waals surface area contributed by atoms with Crippen LogP contribution in [0, 0.1) is 0 Å². The van der Waals surface area contributed by atoms with Gasteiger partial charge < -0.3 is 20.1 Å². The summed E-state index contributed by atoms with van der Waals surface area (Å²) >= 11 is 0. The summed E-state index contributed by atoms with van der Waals surface area (Å²) in [6.45, 7) is 1.44. The molecule has 21 heavy (non-hydrogen) atoms. The second kappa shape index (κ2) is 6.97. The Hall–Kier alpha value is -2.24. The third-order valence-corrected chi connectivity index (χ3v) is 3.56. The number of nitrogens with one attached hydrogen (secondary N) is 1. The summed E-state index contributed by atoms with van der Waals surface area (Å²) in [6.07, 6.45) is 3.17. The van der Waals surface area contributed by atoms with E-state index in [0.29, 0.717) is 5.75 Å². The van der Waals surface area contributed by atoms with Gasteiger partial charge in [-0.1, -0.05) is 0 Å². The van der Waals surface area contributed by atoms with E-state index in [1.807, 2.05) is 0 Å². The van der Waals surface area contributed by atoms with Crippen LogP contribution in [0.5, 0.6) is 11.5 Å². The highest BCUT2D eigenvalue weighted by molar-refractivity contribution is 5.99. The Bertz CT molecular complexity index is 524. The highest BCUT2D eigenvalue weighted by Crippen LogP contribution is 2.22. The quantitative estimate of drug-likeness (QED) is 0.872. The number of methoxy groups -OCH3 is 1. The van der Waals surface area contributed by atoms with Crippen LogP contribution in [0.25, 0.3) is 0 Å². The molecular formula is C15H20N2O4. The zero-order valence-corrected chi connectivity index (χ0v) is 12.1. The van der Waals surface area contributed by atoms with E-state index in [1.165, 1.54) is 19.2 Å². The van der Waals surface area contributed by atoms with Crippen molar-refractivity contribution in [3.8, 4) is 11.5 Å². The Balaban J connectivity index is 1.93. The molecule has 0 saturated carbocycles. The number of nitrogens with zero attached hydrogens (tertiary/aromatic N) is 1. The van der Waals surface area contributed by atoms with Crippen molar-refractivity contribution in [2.45, 2.75) is 19.3 Å². The fourth-order valence-electron chi connectivity index (χ4n) is 2.33. The number of piperidine rings is 1. The molecule has 6 nitrogen and oxygen atoms in total. The zero-order chi connectivity index (χ0) is 15.2. The standard InChI is InChI=1S/C15H20N2O4/c1-21-11-5-6-13(18)12(9-11)15(20)16-10-14(19)17-7-3-2-4-8-17/h5-6,9,18H,2-4,7-8,10H2,1H3,(H,16,20). The van der Waals surface area contributed by atoms with Gasteiger partial charge in [0.25, 0.3) is 5.91 Å².